The molecule has 1 rings (SSSR count). The number of hydrogen-bond acceptors (Lipinski definition) is 3. The molecule has 1 fully saturated rings. The topological polar surface area (TPSA) is 24.5 Å². The summed E-state index contributed by atoms with van der Waals surface area (Å²) in [6.45, 7) is 3.77. The van der Waals surface area contributed by atoms with E-state index in [2.05, 4.69) is 24.2 Å². The third-order valence-corrected chi connectivity index (χ3v) is 2.97. The van der Waals surface area contributed by atoms with Crippen LogP contribution >= 0.6 is 9.24 Å². The average molecular weight is 220 g/mol. The molecule has 3 nitrogen and oxygen atoms in total. The highest BCUT2D eigenvalue weighted by Gasteiger charge is 2.16. The van der Waals surface area contributed by atoms with Crippen molar-refractivity contribution in [1.29, 1.82) is 0 Å². The summed E-state index contributed by atoms with van der Waals surface area (Å²) >= 11 is 0. The molecular weight excluding hydrogens is 195 g/mol. The summed E-state index contributed by atoms with van der Waals surface area (Å²) in [6.07, 6.45) is 3.89. The van der Waals surface area contributed by atoms with E-state index in [9.17, 15) is 0 Å². The van der Waals surface area contributed by atoms with Gasteiger partial charge in [-0.05, 0) is 45.4 Å². The van der Waals surface area contributed by atoms with Gasteiger partial charge in [0.1, 0.15) is 0 Å². The predicted octanol–water partition coefficient (Wildman–Crippen LogP) is 1.01. The van der Waals surface area contributed by atoms with Crippen LogP contribution in [0.5, 0.6) is 0 Å². The second kappa shape index (κ2) is 9.85. The van der Waals surface area contributed by atoms with E-state index in [1.165, 1.54) is 32.5 Å². The molecule has 0 aromatic carbocycles. The van der Waals surface area contributed by atoms with E-state index in [0.29, 0.717) is 0 Å². The Morgan fingerprint density at radius 3 is 2.21 bits per heavy atom. The van der Waals surface area contributed by atoms with Gasteiger partial charge < -0.3 is 10.1 Å². The molecule has 0 bridgehead atoms. The first kappa shape index (κ1) is 14.3. The first-order valence-electron chi connectivity index (χ1n) is 5.25. The van der Waals surface area contributed by atoms with E-state index in [4.69, 9.17) is 0 Å². The van der Waals surface area contributed by atoms with Gasteiger partial charge in [0.2, 0.25) is 0 Å². The van der Waals surface area contributed by atoms with Gasteiger partial charge >= 0.3 is 0 Å². The Balaban J connectivity index is 0.000000500. The Hall–Kier alpha value is 0.310. The maximum atomic E-state index is 4.25. The molecule has 0 saturated carbocycles. The minimum atomic E-state index is 0.924. The number of rotatable bonds is 3. The highest BCUT2D eigenvalue weighted by atomic mass is 31.0. The second-order valence-corrected chi connectivity index (χ2v) is 4.08. The molecule has 1 saturated heterocycles. The summed E-state index contributed by atoms with van der Waals surface area (Å²) in [5.41, 5.74) is 0. The number of ether oxygens (including phenoxy) is 1. The maximum Gasteiger partial charge on any atom is 0.0351 e. The standard InChI is InChI=1S/C8H19N2P.C2H6O/c1-9-6-8-2-4-10(7-11)5-3-8;1-3-2/h8-9H,2-7,11H2,1H3;1-2H3. The lowest BCUT2D eigenvalue weighted by molar-refractivity contribution is 0.210. The van der Waals surface area contributed by atoms with Crippen LogP contribution < -0.4 is 5.32 Å². The molecule has 0 aromatic heterocycles. The summed E-state index contributed by atoms with van der Waals surface area (Å²) in [4.78, 5) is 2.50. The first-order valence-corrected chi connectivity index (χ1v) is 6.07. The molecule has 0 aliphatic carbocycles. The Kier molecular flexibility index (Phi) is 10.1. The summed E-state index contributed by atoms with van der Waals surface area (Å²) in [7, 11) is 8.09. The molecule has 1 atom stereocenters. The van der Waals surface area contributed by atoms with Crippen LogP contribution in [0, 0.1) is 5.92 Å². The molecule has 4 heteroatoms. The Morgan fingerprint density at radius 1 is 1.36 bits per heavy atom. The second-order valence-electron chi connectivity index (χ2n) is 3.71. The van der Waals surface area contributed by atoms with Crippen LogP contribution in [0.25, 0.3) is 0 Å². The lowest BCUT2D eigenvalue weighted by atomic mass is 9.97. The van der Waals surface area contributed by atoms with Gasteiger partial charge in [-0.1, -0.05) is 0 Å². The lowest BCUT2D eigenvalue weighted by Gasteiger charge is -2.30. The van der Waals surface area contributed by atoms with Crippen molar-refractivity contribution in [3.05, 3.63) is 0 Å². The zero-order chi connectivity index (χ0) is 10.8. The van der Waals surface area contributed by atoms with Crippen molar-refractivity contribution in [2.24, 2.45) is 5.92 Å². The molecule has 1 heterocycles. The summed E-state index contributed by atoms with van der Waals surface area (Å²) in [6, 6.07) is 0. The average Bonchev–Trinajstić information content (AvgIpc) is 2.21. The maximum absolute atomic E-state index is 4.25. The predicted molar refractivity (Wildman–Crippen MR) is 65.7 cm³/mol. The number of nitrogens with zero attached hydrogens (tertiary/aromatic N) is 1. The fourth-order valence-corrected chi connectivity index (χ4v) is 2.03. The van der Waals surface area contributed by atoms with Crippen LogP contribution in [0.15, 0.2) is 0 Å². The number of likely N-dealkylation sites (tertiary alicyclic amines) is 1. The molecule has 0 spiro atoms. The van der Waals surface area contributed by atoms with Gasteiger partial charge in [-0.25, -0.2) is 0 Å². The van der Waals surface area contributed by atoms with Crippen LogP contribution in [-0.2, 0) is 4.74 Å². The van der Waals surface area contributed by atoms with Crippen LogP contribution in [0.1, 0.15) is 12.8 Å². The van der Waals surface area contributed by atoms with Gasteiger partial charge in [-0.2, -0.15) is 0 Å². The highest BCUT2D eigenvalue weighted by Crippen LogP contribution is 2.16. The number of hydrogen-bond donors (Lipinski definition) is 1. The normalized spacial score (nSPS) is 18.9. The van der Waals surface area contributed by atoms with E-state index in [1.807, 2.05) is 7.05 Å². The fourth-order valence-electron chi connectivity index (χ4n) is 1.66. The van der Waals surface area contributed by atoms with Gasteiger partial charge in [0.25, 0.3) is 0 Å². The first-order chi connectivity index (χ1) is 6.78. The van der Waals surface area contributed by atoms with Crippen molar-refractivity contribution in [2.45, 2.75) is 12.8 Å². The molecular formula is C10H25N2OP. The molecule has 0 radical (unpaired) electrons. The summed E-state index contributed by atoms with van der Waals surface area (Å²) in [5, 5.41) is 3.25. The minimum Gasteiger partial charge on any atom is -0.388 e. The minimum absolute atomic E-state index is 0.924. The van der Waals surface area contributed by atoms with E-state index in [-0.39, 0.29) is 0 Å². The largest absolute Gasteiger partial charge is 0.388 e. The van der Waals surface area contributed by atoms with Crippen LogP contribution in [-0.4, -0.2) is 52.1 Å². The van der Waals surface area contributed by atoms with E-state index >= 15 is 0 Å². The molecule has 86 valence electrons. The molecule has 1 N–H and O–H groups in total. The molecule has 0 amide bonds. The Morgan fingerprint density at radius 2 is 1.86 bits per heavy atom. The van der Waals surface area contributed by atoms with E-state index < -0.39 is 0 Å². The van der Waals surface area contributed by atoms with Crippen molar-refractivity contribution in [3.8, 4) is 0 Å². The SMILES string of the molecule is CNCC1CCN(CP)CC1.COC. The highest BCUT2D eigenvalue weighted by molar-refractivity contribution is 7.16. The Labute approximate surface area is 90.8 Å². The van der Waals surface area contributed by atoms with Crippen molar-refractivity contribution >= 4 is 9.24 Å². The monoisotopic (exact) mass is 220 g/mol. The summed E-state index contributed by atoms with van der Waals surface area (Å²) < 4.78 is 4.25. The van der Waals surface area contributed by atoms with Gasteiger partial charge in [0, 0.05) is 20.5 Å². The van der Waals surface area contributed by atoms with Gasteiger partial charge in [0.15, 0.2) is 0 Å². The smallest absolute Gasteiger partial charge is 0.0351 e. The van der Waals surface area contributed by atoms with Crippen molar-refractivity contribution < 1.29 is 4.74 Å². The third kappa shape index (κ3) is 6.72. The van der Waals surface area contributed by atoms with Crippen LogP contribution in [0.2, 0.25) is 0 Å². The van der Waals surface area contributed by atoms with Crippen molar-refractivity contribution in [3.63, 3.8) is 0 Å². The molecule has 0 aromatic rings. The quantitative estimate of drug-likeness (QED) is 0.719. The zero-order valence-electron chi connectivity index (χ0n) is 9.75. The van der Waals surface area contributed by atoms with Crippen molar-refractivity contribution in [2.75, 3.05) is 47.2 Å². The van der Waals surface area contributed by atoms with Crippen molar-refractivity contribution in [1.82, 2.24) is 10.2 Å². The molecule has 1 aliphatic rings. The third-order valence-electron chi connectivity index (χ3n) is 2.46. The fraction of sp³-hybridized carbons (Fsp3) is 1.00. The summed E-state index contributed by atoms with van der Waals surface area (Å²) in [5.74, 6) is 0.924. The van der Waals surface area contributed by atoms with Crippen LogP contribution in [0.3, 0.4) is 0 Å². The zero-order valence-corrected chi connectivity index (χ0v) is 10.9. The lowest BCUT2D eigenvalue weighted by Crippen LogP contribution is -2.35. The van der Waals surface area contributed by atoms with Gasteiger partial charge in [-0.15, -0.1) is 9.24 Å². The van der Waals surface area contributed by atoms with E-state index in [1.54, 1.807) is 14.2 Å². The Bertz CT molecular complexity index is 117. The van der Waals surface area contributed by atoms with Gasteiger partial charge in [-0.3, -0.25) is 4.90 Å². The van der Waals surface area contributed by atoms with E-state index in [0.717, 1.165) is 12.2 Å². The molecule has 14 heavy (non-hydrogen) atoms. The molecule has 1 aliphatic heterocycles. The number of methoxy groups -OCH3 is 1. The van der Waals surface area contributed by atoms with Gasteiger partial charge in [0.05, 0.1) is 0 Å². The molecule has 1 unspecified atom stereocenters. The number of nitrogens with one attached hydrogen (secondary N) is 1. The number of piperidine rings is 1. The van der Waals surface area contributed by atoms with Crippen LogP contribution in [0.4, 0.5) is 0 Å².